The molecule has 2 amide bonds. The molecule has 2 aromatic rings. The Kier molecular flexibility index (Phi) is 6.19. The summed E-state index contributed by atoms with van der Waals surface area (Å²) in [4.78, 5) is 33.7. The van der Waals surface area contributed by atoms with Crippen molar-refractivity contribution in [2.24, 2.45) is 0 Å². The first kappa shape index (κ1) is 19.6. The number of nitrogens with zero attached hydrogens (tertiary/aromatic N) is 5. The maximum absolute atomic E-state index is 13.0. The van der Waals surface area contributed by atoms with Gasteiger partial charge in [0.15, 0.2) is 0 Å². The summed E-state index contributed by atoms with van der Waals surface area (Å²) in [5.41, 5.74) is 0.898. The van der Waals surface area contributed by atoms with Crippen molar-refractivity contribution in [2.45, 2.75) is 44.7 Å². The molecule has 0 aliphatic carbocycles. The van der Waals surface area contributed by atoms with Gasteiger partial charge in [0.05, 0.1) is 11.9 Å². The van der Waals surface area contributed by atoms with Gasteiger partial charge in [-0.15, -0.1) is 0 Å². The molecule has 1 N–H and O–H groups in total. The van der Waals surface area contributed by atoms with Crippen molar-refractivity contribution in [3.8, 4) is 0 Å². The molecule has 2 fully saturated rings. The number of pyridine rings is 1. The lowest BCUT2D eigenvalue weighted by Gasteiger charge is -2.38. The van der Waals surface area contributed by atoms with Crippen LogP contribution >= 0.6 is 0 Å². The van der Waals surface area contributed by atoms with Gasteiger partial charge < -0.3 is 15.1 Å². The van der Waals surface area contributed by atoms with Crippen molar-refractivity contribution in [3.63, 3.8) is 0 Å². The topological polar surface area (TPSA) is 83.4 Å². The SMILES string of the molecule is O=C(Nc1cnn(CC(=O)N2CCCC[C@H]2CN2CCCC2)c1)c1ccccn1. The van der Waals surface area contributed by atoms with Gasteiger partial charge in [0.2, 0.25) is 5.91 Å². The molecule has 0 bridgehead atoms. The van der Waals surface area contributed by atoms with Crippen molar-refractivity contribution in [1.29, 1.82) is 0 Å². The average Bonchev–Trinajstić information content (AvgIpc) is 3.41. The fourth-order valence-corrected chi connectivity index (χ4v) is 4.22. The maximum Gasteiger partial charge on any atom is 0.274 e. The van der Waals surface area contributed by atoms with Crippen LogP contribution in [0.4, 0.5) is 5.69 Å². The van der Waals surface area contributed by atoms with E-state index in [0.717, 1.165) is 39.0 Å². The van der Waals surface area contributed by atoms with E-state index >= 15 is 0 Å². The predicted molar refractivity (Wildman–Crippen MR) is 109 cm³/mol. The van der Waals surface area contributed by atoms with Gasteiger partial charge in [0.25, 0.3) is 5.91 Å². The van der Waals surface area contributed by atoms with Crippen LogP contribution in [0.15, 0.2) is 36.8 Å². The van der Waals surface area contributed by atoms with Crippen molar-refractivity contribution >= 4 is 17.5 Å². The summed E-state index contributed by atoms with van der Waals surface area (Å²) in [6.45, 7) is 4.29. The molecule has 2 aliphatic rings. The van der Waals surface area contributed by atoms with Gasteiger partial charge in [0, 0.05) is 31.5 Å². The monoisotopic (exact) mass is 396 g/mol. The van der Waals surface area contributed by atoms with E-state index in [1.54, 1.807) is 41.5 Å². The van der Waals surface area contributed by atoms with Gasteiger partial charge in [-0.1, -0.05) is 6.07 Å². The van der Waals surface area contributed by atoms with Crippen LogP contribution in [0.25, 0.3) is 0 Å². The van der Waals surface area contributed by atoms with Crippen LogP contribution < -0.4 is 5.32 Å². The highest BCUT2D eigenvalue weighted by Gasteiger charge is 2.29. The van der Waals surface area contributed by atoms with Gasteiger partial charge >= 0.3 is 0 Å². The fraction of sp³-hybridized carbons (Fsp3) is 0.524. The largest absolute Gasteiger partial charge is 0.337 e. The van der Waals surface area contributed by atoms with Crippen molar-refractivity contribution < 1.29 is 9.59 Å². The van der Waals surface area contributed by atoms with Gasteiger partial charge in [-0.2, -0.15) is 5.10 Å². The van der Waals surface area contributed by atoms with Gasteiger partial charge in [0.1, 0.15) is 12.2 Å². The number of anilines is 1. The van der Waals surface area contributed by atoms with Gasteiger partial charge in [-0.05, 0) is 57.3 Å². The standard InChI is InChI=1S/C21H28N6O2/c28-20(27-12-4-2-7-18(27)15-25-10-5-6-11-25)16-26-14-17(13-23-26)24-21(29)19-8-1-3-9-22-19/h1,3,8-9,13-14,18H,2,4-7,10-12,15-16H2,(H,24,29)/t18-/m0/s1. The smallest absolute Gasteiger partial charge is 0.274 e. The molecule has 2 saturated heterocycles. The zero-order valence-electron chi connectivity index (χ0n) is 16.7. The summed E-state index contributed by atoms with van der Waals surface area (Å²) in [6.07, 6.45) is 10.7. The van der Waals surface area contributed by atoms with Crippen LogP contribution in [0.2, 0.25) is 0 Å². The van der Waals surface area contributed by atoms with Crippen LogP contribution in [-0.4, -0.2) is 68.6 Å². The Morgan fingerprint density at radius 3 is 2.72 bits per heavy atom. The molecule has 0 radical (unpaired) electrons. The Labute approximate surface area is 170 Å². The minimum Gasteiger partial charge on any atom is -0.337 e. The molecule has 4 heterocycles. The molecule has 2 aliphatic heterocycles. The van der Waals surface area contributed by atoms with E-state index in [-0.39, 0.29) is 18.4 Å². The lowest BCUT2D eigenvalue weighted by atomic mass is 10.0. The molecule has 29 heavy (non-hydrogen) atoms. The number of nitrogens with one attached hydrogen (secondary N) is 1. The normalized spacial score (nSPS) is 20.0. The van der Waals surface area contributed by atoms with E-state index in [1.807, 2.05) is 4.90 Å². The molecule has 8 nitrogen and oxygen atoms in total. The first-order valence-electron chi connectivity index (χ1n) is 10.5. The molecule has 2 aromatic heterocycles. The van der Waals surface area contributed by atoms with Crippen LogP contribution in [0.1, 0.15) is 42.6 Å². The number of hydrogen-bond donors (Lipinski definition) is 1. The molecule has 154 valence electrons. The lowest BCUT2D eigenvalue weighted by Crippen LogP contribution is -2.50. The fourth-order valence-electron chi connectivity index (χ4n) is 4.22. The maximum atomic E-state index is 13.0. The third kappa shape index (κ3) is 5.00. The van der Waals surface area contributed by atoms with E-state index < -0.39 is 0 Å². The Morgan fingerprint density at radius 2 is 1.93 bits per heavy atom. The summed E-state index contributed by atoms with van der Waals surface area (Å²) in [6, 6.07) is 5.48. The Morgan fingerprint density at radius 1 is 1.10 bits per heavy atom. The highest BCUT2D eigenvalue weighted by molar-refractivity contribution is 6.02. The molecule has 0 spiro atoms. The average molecular weight is 396 g/mol. The number of likely N-dealkylation sites (tertiary alicyclic amines) is 2. The van der Waals surface area contributed by atoms with Crippen LogP contribution in [-0.2, 0) is 11.3 Å². The van der Waals surface area contributed by atoms with Gasteiger partial charge in [-0.3, -0.25) is 19.3 Å². The summed E-state index contributed by atoms with van der Waals surface area (Å²) in [5, 5.41) is 7.02. The van der Waals surface area contributed by atoms with Crippen LogP contribution in [0, 0.1) is 0 Å². The zero-order valence-corrected chi connectivity index (χ0v) is 16.7. The molecule has 0 saturated carbocycles. The van der Waals surface area contributed by atoms with Gasteiger partial charge in [-0.25, -0.2) is 0 Å². The number of carbonyl (C=O) groups excluding carboxylic acids is 2. The Balaban J connectivity index is 1.34. The van der Waals surface area contributed by atoms with Crippen molar-refractivity contribution in [2.75, 3.05) is 31.5 Å². The highest BCUT2D eigenvalue weighted by Crippen LogP contribution is 2.20. The summed E-state index contributed by atoms with van der Waals surface area (Å²) in [5.74, 6) is -0.196. The number of carbonyl (C=O) groups is 2. The highest BCUT2D eigenvalue weighted by atomic mass is 16.2. The molecular weight excluding hydrogens is 368 g/mol. The minimum atomic E-state index is -0.293. The van der Waals surface area contributed by atoms with E-state index in [0.29, 0.717) is 17.4 Å². The third-order valence-corrected chi connectivity index (χ3v) is 5.70. The number of aromatic nitrogens is 3. The Bertz CT molecular complexity index is 831. The number of piperidine rings is 1. The second kappa shape index (κ2) is 9.17. The second-order valence-corrected chi connectivity index (χ2v) is 7.84. The molecule has 8 heteroatoms. The van der Waals surface area contributed by atoms with Crippen LogP contribution in [0.5, 0.6) is 0 Å². The predicted octanol–water partition coefficient (Wildman–Crippen LogP) is 2.01. The molecule has 0 aromatic carbocycles. The van der Waals surface area contributed by atoms with E-state index in [4.69, 9.17) is 0 Å². The van der Waals surface area contributed by atoms with Crippen LogP contribution in [0.3, 0.4) is 0 Å². The number of amides is 2. The Hall–Kier alpha value is -2.74. The summed E-state index contributed by atoms with van der Waals surface area (Å²) >= 11 is 0. The first-order chi connectivity index (χ1) is 14.2. The quantitative estimate of drug-likeness (QED) is 0.808. The lowest BCUT2D eigenvalue weighted by molar-refractivity contribution is -0.136. The van der Waals surface area contributed by atoms with Crippen molar-refractivity contribution in [3.05, 3.63) is 42.5 Å². The zero-order chi connectivity index (χ0) is 20.1. The molecule has 4 rings (SSSR count). The van der Waals surface area contributed by atoms with E-state index in [2.05, 4.69) is 20.3 Å². The van der Waals surface area contributed by atoms with Crippen molar-refractivity contribution in [1.82, 2.24) is 24.6 Å². The molecule has 0 unspecified atom stereocenters. The summed E-state index contributed by atoms with van der Waals surface area (Å²) < 4.78 is 1.60. The number of hydrogen-bond acceptors (Lipinski definition) is 5. The third-order valence-electron chi connectivity index (χ3n) is 5.70. The van der Waals surface area contributed by atoms with E-state index in [1.165, 1.54) is 19.3 Å². The molecule has 1 atom stereocenters. The van der Waals surface area contributed by atoms with E-state index in [9.17, 15) is 9.59 Å². The summed E-state index contributed by atoms with van der Waals surface area (Å²) in [7, 11) is 0. The minimum absolute atomic E-state index is 0.0969. The second-order valence-electron chi connectivity index (χ2n) is 7.84. The first-order valence-corrected chi connectivity index (χ1v) is 10.5. The number of rotatable bonds is 6. The molecular formula is C21H28N6O2.